The van der Waals surface area contributed by atoms with Crippen LogP contribution in [0.25, 0.3) is 0 Å². The molecule has 2 nitrogen and oxygen atoms in total. The summed E-state index contributed by atoms with van der Waals surface area (Å²) in [7, 11) is 0. The first kappa shape index (κ1) is 20.7. The predicted molar refractivity (Wildman–Crippen MR) is 96.1 cm³/mol. The van der Waals surface area contributed by atoms with Crippen LogP contribution < -0.4 is 0 Å². The van der Waals surface area contributed by atoms with Crippen molar-refractivity contribution in [3.05, 3.63) is 36.5 Å². The van der Waals surface area contributed by atoms with Gasteiger partial charge in [0.15, 0.2) is 0 Å². The smallest absolute Gasteiger partial charge is 0.303 e. The van der Waals surface area contributed by atoms with E-state index >= 15 is 0 Å². The first-order chi connectivity index (χ1) is 10.8. The van der Waals surface area contributed by atoms with E-state index in [0.717, 1.165) is 38.5 Å². The third-order valence-corrected chi connectivity index (χ3v) is 3.53. The lowest BCUT2D eigenvalue weighted by Crippen LogP contribution is -1.93. The summed E-state index contributed by atoms with van der Waals surface area (Å²) in [5, 5.41) is 8.51. The van der Waals surface area contributed by atoms with Gasteiger partial charge in [-0.15, -0.1) is 0 Å². The van der Waals surface area contributed by atoms with E-state index < -0.39 is 5.97 Å². The number of unbranched alkanes of at least 4 members (excludes halogenated alkanes) is 7. The molecule has 0 aromatic carbocycles. The van der Waals surface area contributed by atoms with Gasteiger partial charge in [-0.1, -0.05) is 69.1 Å². The number of rotatable bonds is 15. The van der Waals surface area contributed by atoms with Crippen molar-refractivity contribution in [1.29, 1.82) is 0 Å². The van der Waals surface area contributed by atoms with Gasteiger partial charge in [-0.3, -0.25) is 4.79 Å². The van der Waals surface area contributed by atoms with Crippen LogP contribution in [0.1, 0.15) is 84.0 Å². The Balaban J connectivity index is 3.30. The fraction of sp³-hybridized carbons (Fsp3) is 0.650. The summed E-state index contributed by atoms with van der Waals surface area (Å²) in [6, 6.07) is 0. The van der Waals surface area contributed by atoms with Crippen LogP contribution in [0.2, 0.25) is 0 Å². The van der Waals surface area contributed by atoms with Gasteiger partial charge in [0.05, 0.1) is 0 Å². The fourth-order valence-corrected chi connectivity index (χ4v) is 2.18. The minimum atomic E-state index is -0.685. The molecule has 0 saturated carbocycles. The van der Waals surface area contributed by atoms with E-state index in [4.69, 9.17) is 5.11 Å². The van der Waals surface area contributed by atoms with Gasteiger partial charge in [0.1, 0.15) is 0 Å². The van der Waals surface area contributed by atoms with Crippen LogP contribution in [0.4, 0.5) is 0 Å². The first-order valence-electron chi connectivity index (χ1n) is 8.94. The van der Waals surface area contributed by atoms with E-state index in [1.165, 1.54) is 32.1 Å². The number of aliphatic carboxylic acids is 1. The molecule has 0 aromatic rings. The summed E-state index contributed by atoms with van der Waals surface area (Å²) < 4.78 is 0. The molecule has 0 fully saturated rings. The Morgan fingerprint density at radius 3 is 1.73 bits per heavy atom. The van der Waals surface area contributed by atoms with Crippen molar-refractivity contribution in [3.63, 3.8) is 0 Å². The lowest BCUT2D eigenvalue weighted by molar-refractivity contribution is -0.137. The summed E-state index contributed by atoms with van der Waals surface area (Å²) in [5.74, 6) is -0.685. The molecule has 0 bridgehead atoms. The maximum Gasteiger partial charge on any atom is 0.303 e. The summed E-state index contributed by atoms with van der Waals surface area (Å²) in [6.07, 6.45) is 26.3. The van der Waals surface area contributed by atoms with Gasteiger partial charge in [0, 0.05) is 6.42 Å². The average molecular weight is 306 g/mol. The number of carboxylic acids is 1. The van der Waals surface area contributed by atoms with E-state index in [0.29, 0.717) is 6.42 Å². The monoisotopic (exact) mass is 306 g/mol. The van der Waals surface area contributed by atoms with Crippen molar-refractivity contribution < 1.29 is 9.90 Å². The van der Waals surface area contributed by atoms with Crippen LogP contribution in [-0.4, -0.2) is 11.1 Å². The number of carboxylic acid groups (broad SMARTS) is 1. The van der Waals surface area contributed by atoms with Crippen molar-refractivity contribution >= 4 is 5.97 Å². The highest BCUT2D eigenvalue weighted by Gasteiger charge is 1.94. The Kier molecular flexibility index (Phi) is 16.7. The lowest BCUT2D eigenvalue weighted by atomic mass is 10.1. The number of allylic oxidation sites excluding steroid dienone is 6. The zero-order valence-electron chi connectivity index (χ0n) is 14.3. The second-order valence-electron chi connectivity index (χ2n) is 5.73. The Labute approximate surface area is 137 Å². The third-order valence-electron chi connectivity index (χ3n) is 3.53. The zero-order valence-corrected chi connectivity index (χ0v) is 14.3. The topological polar surface area (TPSA) is 37.3 Å². The fourth-order valence-electron chi connectivity index (χ4n) is 2.18. The van der Waals surface area contributed by atoms with Gasteiger partial charge >= 0.3 is 5.97 Å². The quantitative estimate of drug-likeness (QED) is 0.279. The van der Waals surface area contributed by atoms with Crippen LogP contribution in [0.3, 0.4) is 0 Å². The molecule has 0 aliphatic rings. The highest BCUT2D eigenvalue weighted by atomic mass is 16.4. The Hall–Kier alpha value is -1.31. The SMILES string of the molecule is CCCCCCC=CCC=CC/C=C\CCCCCC(=O)O. The molecule has 1 N–H and O–H groups in total. The molecule has 0 amide bonds. The molecule has 22 heavy (non-hydrogen) atoms. The number of carbonyl (C=O) groups is 1. The van der Waals surface area contributed by atoms with Gasteiger partial charge < -0.3 is 5.11 Å². The number of hydrogen-bond acceptors (Lipinski definition) is 1. The molecular weight excluding hydrogens is 272 g/mol. The van der Waals surface area contributed by atoms with Crippen LogP contribution >= 0.6 is 0 Å². The largest absolute Gasteiger partial charge is 0.481 e. The van der Waals surface area contributed by atoms with Crippen molar-refractivity contribution in [2.45, 2.75) is 84.0 Å². The molecule has 0 atom stereocenters. The molecule has 0 heterocycles. The maximum atomic E-state index is 10.3. The highest BCUT2D eigenvalue weighted by molar-refractivity contribution is 5.66. The molecule has 0 aromatic heterocycles. The standard InChI is InChI=1S/C20H34O2/c1-2-3-4-5-6-7-8-9-10-11-12-13-14-15-16-17-18-19-20(21)22/h7-8,10-11,13-14H,2-6,9,12,15-19H2,1H3,(H,21,22)/b8-7?,11-10?,14-13-. The van der Waals surface area contributed by atoms with Gasteiger partial charge in [0.2, 0.25) is 0 Å². The molecule has 0 radical (unpaired) electrons. The van der Waals surface area contributed by atoms with E-state index in [9.17, 15) is 4.79 Å². The molecule has 0 unspecified atom stereocenters. The second kappa shape index (κ2) is 17.7. The maximum absolute atomic E-state index is 10.3. The summed E-state index contributed by atoms with van der Waals surface area (Å²) in [4.78, 5) is 10.3. The molecule has 126 valence electrons. The Morgan fingerprint density at radius 1 is 0.727 bits per heavy atom. The van der Waals surface area contributed by atoms with E-state index in [-0.39, 0.29) is 0 Å². The Morgan fingerprint density at radius 2 is 1.23 bits per heavy atom. The summed E-state index contributed by atoms with van der Waals surface area (Å²) in [5.41, 5.74) is 0. The summed E-state index contributed by atoms with van der Waals surface area (Å²) in [6.45, 7) is 2.24. The van der Waals surface area contributed by atoms with Crippen LogP contribution in [0.5, 0.6) is 0 Å². The molecule has 0 aliphatic carbocycles. The van der Waals surface area contributed by atoms with E-state index in [1.54, 1.807) is 0 Å². The van der Waals surface area contributed by atoms with Crippen molar-refractivity contribution in [1.82, 2.24) is 0 Å². The average Bonchev–Trinajstić information content (AvgIpc) is 2.50. The molecule has 2 heteroatoms. The normalized spacial score (nSPS) is 12.0. The predicted octanol–water partition coefficient (Wildman–Crippen LogP) is 6.44. The summed E-state index contributed by atoms with van der Waals surface area (Å²) >= 11 is 0. The van der Waals surface area contributed by atoms with Crippen LogP contribution in [0, 0.1) is 0 Å². The van der Waals surface area contributed by atoms with E-state index in [2.05, 4.69) is 43.4 Å². The van der Waals surface area contributed by atoms with Crippen molar-refractivity contribution in [2.75, 3.05) is 0 Å². The molecule has 0 aliphatic heterocycles. The number of hydrogen-bond donors (Lipinski definition) is 1. The highest BCUT2D eigenvalue weighted by Crippen LogP contribution is 2.05. The molecule has 0 rings (SSSR count). The lowest BCUT2D eigenvalue weighted by Gasteiger charge is -1.94. The first-order valence-corrected chi connectivity index (χ1v) is 8.94. The van der Waals surface area contributed by atoms with E-state index in [1.807, 2.05) is 0 Å². The van der Waals surface area contributed by atoms with Gasteiger partial charge in [-0.25, -0.2) is 0 Å². The Bertz CT molecular complexity index is 327. The van der Waals surface area contributed by atoms with Crippen molar-refractivity contribution in [2.24, 2.45) is 0 Å². The minimum absolute atomic E-state index is 0.304. The van der Waals surface area contributed by atoms with Crippen LogP contribution in [0.15, 0.2) is 36.5 Å². The second-order valence-corrected chi connectivity index (χ2v) is 5.73. The third kappa shape index (κ3) is 18.7. The van der Waals surface area contributed by atoms with Gasteiger partial charge in [0.25, 0.3) is 0 Å². The molecule has 0 saturated heterocycles. The zero-order chi connectivity index (χ0) is 16.3. The van der Waals surface area contributed by atoms with Crippen LogP contribution in [-0.2, 0) is 4.79 Å². The van der Waals surface area contributed by atoms with Gasteiger partial charge in [-0.2, -0.15) is 0 Å². The molecular formula is C20H34O2. The van der Waals surface area contributed by atoms with Gasteiger partial charge in [-0.05, 0) is 44.9 Å². The van der Waals surface area contributed by atoms with Crippen molar-refractivity contribution in [3.8, 4) is 0 Å². The minimum Gasteiger partial charge on any atom is -0.481 e. The molecule has 0 spiro atoms.